The molecule has 0 radical (unpaired) electrons. The van der Waals surface area contributed by atoms with E-state index >= 15 is 0 Å². The quantitative estimate of drug-likeness (QED) is 0.712. The molecule has 1 aliphatic carbocycles. The maximum atomic E-state index is 11.7. The van der Waals surface area contributed by atoms with Crippen molar-refractivity contribution >= 4 is 22.9 Å². The van der Waals surface area contributed by atoms with Crippen LogP contribution in [0, 0.1) is 5.41 Å². The Kier molecular flexibility index (Phi) is 2.67. The van der Waals surface area contributed by atoms with E-state index in [4.69, 9.17) is 10.8 Å². The number of rotatable bonds is 4. The van der Waals surface area contributed by atoms with Crippen molar-refractivity contribution in [3.8, 4) is 0 Å². The molecule has 1 aromatic heterocycles. The van der Waals surface area contributed by atoms with Gasteiger partial charge in [-0.15, -0.1) is 11.3 Å². The first-order valence-electron chi connectivity index (χ1n) is 4.89. The first-order valence-corrected chi connectivity index (χ1v) is 5.77. The molecule has 4 N–H and O–H groups in total. The summed E-state index contributed by atoms with van der Waals surface area (Å²) >= 11 is 1.34. The van der Waals surface area contributed by atoms with Crippen molar-refractivity contribution in [3.63, 3.8) is 0 Å². The normalized spacial score (nSPS) is 17.4. The Bertz CT molecular complexity index is 371. The Labute approximate surface area is 92.1 Å². The maximum Gasteiger partial charge on any atom is 0.263 e. The van der Waals surface area contributed by atoms with E-state index in [9.17, 15) is 4.79 Å². The number of hydrogen-bond acceptors (Lipinski definition) is 4. The zero-order chi connectivity index (χ0) is 10.9. The Balaban J connectivity index is 1.91. The molecule has 0 aliphatic heterocycles. The van der Waals surface area contributed by atoms with Crippen LogP contribution >= 0.6 is 11.3 Å². The number of hydrogen-bond donors (Lipinski definition) is 3. The number of thiophene rings is 1. The van der Waals surface area contributed by atoms with Crippen LogP contribution in [0.4, 0.5) is 5.69 Å². The predicted molar refractivity (Wildman–Crippen MR) is 59.8 cm³/mol. The number of amides is 1. The Morgan fingerprint density at radius 2 is 2.40 bits per heavy atom. The highest BCUT2D eigenvalue weighted by molar-refractivity contribution is 7.12. The lowest BCUT2D eigenvalue weighted by Gasteiger charge is -2.12. The largest absolute Gasteiger partial charge is 0.397 e. The molecule has 0 spiro atoms. The topological polar surface area (TPSA) is 75.4 Å². The van der Waals surface area contributed by atoms with Gasteiger partial charge in [0.05, 0.1) is 12.3 Å². The first-order chi connectivity index (χ1) is 7.17. The van der Waals surface area contributed by atoms with Crippen LogP contribution in [-0.4, -0.2) is 24.2 Å². The number of nitrogens with one attached hydrogen (secondary N) is 1. The van der Waals surface area contributed by atoms with Crippen molar-refractivity contribution < 1.29 is 9.90 Å². The van der Waals surface area contributed by atoms with Crippen LogP contribution in [0.25, 0.3) is 0 Å². The molecule has 0 atom stereocenters. The average molecular weight is 226 g/mol. The fourth-order valence-electron chi connectivity index (χ4n) is 1.42. The van der Waals surface area contributed by atoms with Crippen molar-refractivity contribution in [2.45, 2.75) is 12.8 Å². The van der Waals surface area contributed by atoms with Gasteiger partial charge in [0.25, 0.3) is 5.91 Å². The highest BCUT2D eigenvalue weighted by Crippen LogP contribution is 2.44. The van der Waals surface area contributed by atoms with Crippen LogP contribution in [0.1, 0.15) is 22.5 Å². The van der Waals surface area contributed by atoms with Crippen molar-refractivity contribution in [2.24, 2.45) is 5.41 Å². The van der Waals surface area contributed by atoms with Crippen molar-refractivity contribution in [1.82, 2.24) is 5.32 Å². The third-order valence-electron chi connectivity index (χ3n) is 2.82. The molecule has 0 bridgehead atoms. The second kappa shape index (κ2) is 3.83. The van der Waals surface area contributed by atoms with Crippen LogP contribution in [0.2, 0.25) is 0 Å². The molecule has 4 nitrogen and oxygen atoms in total. The highest BCUT2D eigenvalue weighted by Gasteiger charge is 2.42. The third-order valence-corrected chi connectivity index (χ3v) is 3.75. The van der Waals surface area contributed by atoms with E-state index in [2.05, 4.69) is 5.32 Å². The minimum absolute atomic E-state index is 0.0539. The zero-order valence-corrected chi connectivity index (χ0v) is 9.14. The van der Waals surface area contributed by atoms with Crippen LogP contribution in [0.5, 0.6) is 0 Å². The van der Waals surface area contributed by atoms with Gasteiger partial charge in [-0.3, -0.25) is 4.79 Å². The summed E-state index contributed by atoms with van der Waals surface area (Å²) in [7, 11) is 0. The second-order valence-corrected chi connectivity index (χ2v) is 4.96. The van der Waals surface area contributed by atoms with Gasteiger partial charge in [0, 0.05) is 12.0 Å². The summed E-state index contributed by atoms with van der Waals surface area (Å²) in [6, 6.07) is 1.72. The number of aliphatic hydroxyl groups is 1. The molecule has 0 saturated heterocycles. The van der Waals surface area contributed by atoms with Gasteiger partial charge in [0.1, 0.15) is 4.88 Å². The van der Waals surface area contributed by atoms with Crippen LogP contribution < -0.4 is 11.1 Å². The van der Waals surface area contributed by atoms with Gasteiger partial charge < -0.3 is 16.2 Å². The number of nitrogen functional groups attached to an aromatic ring is 1. The highest BCUT2D eigenvalue weighted by atomic mass is 32.1. The predicted octanol–water partition coefficient (Wildman–Crippen LogP) is 0.833. The molecule has 0 unspecified atom stereocenters. The van der Waals surface area contributed by atoms with E-state index < -0.39 is 0 Å². The SMILES string of the molecule is Nc1ccsc1C(=O)NCC1(CO)CC1. The van der Waals surface area contributed by atoms with Gasteiger partial charge in [-0.1, -0.05) is 0 Å². The van der Waals surface area contributed by atoms with Crippen molar-refractivity contribution in [1.29, 1.82) is 0 Å². The van der Waals surface area contributed by atoms with E-state index in [-0.39, 0.29) is 17.9 Å². The number of carbonyl (C=O) groups excluding carboxylic acids is 1. The lowest BCUT2D eigenvalue weighted by molar-refractivity contribution is 0.0940. The van der Waals surface area contributed by atoms with Crippen LogP contribution in [0.15, 0.2) is 11.4 Å². The molecular weight excluding hydrogens is 212 g/mol. The van der Waals surface area contributed by atoms with Gasteiger partial charge >= 0.3 is 0 Å². The molecule has 15 heavy (non-hydrogen) atoms. The summed E-state index contributed by atoms with van der Waals surface area (Å²) in [4.78, 5) is 12.2. The summed E-state index contributed by atoms with van der Waals surface area (Å²) in [5.41, 5.74) is 6.10. The van der Waals surface area contributed by atoms with Crippen LogP contribution in [0.3, 0.4) is 0 Å². The monoisotopic (exact) mass is 226 g/mol. The van der Waals surface area contributed by atoms with E-state index in [0.717, 1.165) is 12.8 Å². The summed E-state index contributed by atoms with van der Waals surface area (Å²) in [6.45, 7) is 0.687. The smallest absolute Gasteiger partial charge is 0.263 e. The summed E-state index contributed by atoms with van der Waals surface area (Å²) in [6.07, 6.45) is 1.98. The lowest BCUT2D eigenvalue weighted by Crippen LogP contribution is -2.31. The minimum atomic E-state index is -0.137. The van der Waals surface area contributed by atoms with Crippen molar-refractivity contribution in [2.75, 3.05) is 18.9 Å². The van der Waals surface area contributed by atoms with E-state index in [1.54, 1.807) is 11.4 Å². The molecule has 82 valence electrons. The second-order valence-electron chi connectivity index (χ2n) is 4.05. The van der Waals surface area contributed by atoms with Gasteiger partial charge in [0.15, 0.2) is 0 Å². The number of anilines is 1. The molecule has 5 heteroatoms. The Hall–Kier alpha value is -1.07. The molecule has 1 fully saturated rings. The van der Waals surface area contributed by atoms with Gasteiger partial charge in [-0.2, -0.15) is 0 Å². The lowest BCUT2D eigenvalue weighted by atomic mass is 10.1. The maximum absolute atomic E-state index is 11.7. The summed E-state index contributed by atoms with van der Waals surface area (Å²) in [5, 5.41) is 13.7. The van der Waals surface area contributed by atoms with Gasteiger partial charge in [-0.05, 0) is 24.3 Å². The number of aliphatic hydroxyl groups excluding tert-OH is 1. The van der Waals surface area contributed by atoms with E-state index in [1.807, 2.05) is 0 Å². The summed E-state index contributed by atoms with van der Waals surface area (Å²) < 4.78 is 0. The van der Waals surface area contributed by atoms with Gasteiger partial charge in [0.2, 0.25) is 0 Å². The third kappa shape index (κ3) is 2.13. The molecular formula is C10H14N2O2S. The minimum Gasteiger partial charge on any atom is -0.397 e. The molecule has 1 amide bonds. The fraction of sp³-hybridized carbons (Fsp3) is 0.500. The average Bonchev–Trinajstić information content (AvgIpc) is 2.91. The fourth-order valence-corrected chi connectivity index (χ4v) is 2.15. The molecule has 2 rings (SSSR count). The molecule has 1 aromatic rings. The summed E-state index contributed by atoms with van der Waals surface area (Å²) in [5.74, 6) is -0.137. The molecule has 1 saturated carbocycles. The van der Waals surface area contributed by atoms with Gasteiger partial charge in [-0.25, -0.2) is 0 Å². The number of carbonyl (C=O) groups is 1. The Morgan fingerprint density at radius 1 is 1.67 bits per heavy atom. The Morgan fingerprint density at radius 3 is 2.87 bits per heavy atom. The molecule has 0 aromatic carbocycles. The number of nitrogens with two attached hydrogens (primary N) is 1. The van der Waals surface area contributed by atoms with E-state index in [0.29, 0.717) is 17.1 Å². The van der Waals surface area contributed by atoms with E-state index in [1.165, 1.54) is 11.3 Å². The standard InChI is InChI=1S/C10H14N2O2S/c11-7-1-4-15-8(7)9(14)12-5-10(6-13)2-3-10/h1,4,13H,2-3,5-6,11H2,(H,12,14). The first kappa shape index (κ1) is 10.4. The molecule has 1 heterocycles. The van der Waals surface area contributed by atoms with Crippen LogP contribution in [-0.2, 0) is 0 Å². The van der Waals surface area contributed by atoms with Crippen molar-refractivity contribution in [3.05, 3.63) is 16.3 Å². The zero-order valence-electron chi connectivity index (χ0n) is 8.32. The molecule has 1 aliphatic rings.